The molecule has 1 aliphatic heterocycles. The molecule has 0 saturated heterocycles. The summed E-state index contributed by atoms with van der Waals surface area (Å²) in [4.78, 5) is 1.20. The van der Waals surface area contributed by atoms with Gasteiger partial charge in [-0.15, -0.1) is 11.3 Å². The molecule has 0 aliphatic carbocycles. The topological polar surface area (TPSA) is 32.3 Å². The smallest absolute Gasteiger partial charge is 0.0989 e. The van der Waals surface area contributed by atoms with E-state index >= 15 is 0 Å². The van der Waals surface area contributed by atoms with Crippen molar-refractivity contribution in [1.29, 1.82) is 0 Å². The van der Waals surface area contributed by atoms with Gasteiger partial charge in [0.15, 0.2) is 0 Å². The van der Waals surface area contributed by atoms with Gasteiger partial charge >= 0.3 is 0 Å². The van der Waals surface area contributed by atoms with E-state index in [0.717, 1.165) is 12.1 Å². The van der Waals surface area contributed by atoms with E-state index in [0.29, 0.717) is 0 Å². The monoisotopic (exact) mass is 195 g/mol. The fourth-order valence-electron chi connectivity index (χ4n) is 1.60. The molecule has 0 amide bonds. The minimum atomic E-state index is -0.398. The normalized spacial score (nSPS) is 23.7. The Balaban J connectivity index is 2.17. The molecule has 1 aliphatic rings. The van der Waals surface area contributed by atoms with E-state index < -0.39 is 6.10 Å². The molecule has 1 aromatic rings. The van der Waals surface area contributed by atoms with Crippen LogP contribution in [0.1, 0.15) is 16.5 Å². The summed E-state index contributed by atoms with van der Waals surface area (Å²) in [5.41, 5.74) is 1.05. The summed E-state index contributed by atoms with van der Waals surface area (Å²) in [5.74, 6) is 0. The van der Waals surface area contributed by atoms with Crippen LogP contribution >= 0.6 is 11.3 Å². The van der Waals surface area contributed by atoms with Crippen molar-refractivity contribution < 1.29 is 5.11 Å². The van der Waals surface area contributed by atoms with Crippen LogP contribution in [0.3, 0.4) is 0 Å². The summed E-state index contributed by atoms with van der Waals surface area (Å²) in [7, 11) is 0. The highest BCUT2D eigenvalue weighted by molar-refractivity contribution is 7.10. The van der Waals surface area contributed by atoms with Crippen molar-refractivity contribution in [2.75, 3.05) is 6.54 Å². The Morgan fingerprint density at radius 2 is 2.54 bits per heavy atom. The molecule has 2 unspecified atom stereocenters. The quantitative estimate of drug-likeness (QED) is 0.703. The van der Waals surface area contributed by atoms with Crippen molar-refractivity contribution in [3.05, 3.63) is 34.0 Å². The van der Waals surface area contributed by atoms with Gasteiger partial charge in [-0.05, 0) is 23.9 Å². The number of aliphatic hydroxyl groups excluding tert-OH is 1. The minimum absolute atomic E-state index is 0.0910. The van der Waals surface area contributed by atoms with Gasteiger partial charge in [-0.3, -0.25) is 0 Å². The highest BCUT2D eigenvalue weighted by atomic mass is 32.1. The number of aliphatic hydroxyl groups is 1. The lowest BCUT2D eigenvalue weighted by Crippen LogP contribution is -2.29. The van der Waals surface area contributed by atoms with Crippen molar-refractivity contribution in [2.45, 2.75) is 19.1 Å². The molecule has 0 radical (unpaired) electrons. The molecule has 3 heteroatoms. The molecule has 2 nitrogen and oxygen atoms in total. The Kier molecular flexibility index (Phi) is 2.49. The fraction of sp³-hybridized carbons (Fsp3) is 0.400. The van der Waals surface area contributed by atoms with Crippen LogP contribution in [0.25, 0.3) is 0 Å². The molecule has 0 fully saturated rings. The van der Waals surface area contributed by atoms with Gasteiger partial charge in [-0.1, -0.05) is 12.2 Å². The van der Waals surface area contributed by atoms with Crippen LogP contribution in [0.5, 0.6) is 0 Å². The summed E-state index contributed by atoms with van der Waals surface area (Å²) in [6, 6.07) is 2.09. The van der Waals surface area contributed by atoms with Crippen LogP contribution in [-0.2, 0) is 0 Å². The van der Waals surface area contributed by atoms with Gasteiger partial charge in [0.1, 0.15) is 0 Å². The van der Waals surface area contributed by atoms with E-state index in [1.165, 1.54) is 4.88 Å². The van der Waals surface area contributed by atoms with Crippen molar-refractivity contribution in [3.8, 4) is 0 Å². The Hall–Kier alpha value is -0.640. The summed E-state index contributed by atoms with van der Waals surface area (Å²) < 4.78 is 0. The lowest BCUT2D eigenvalue weighted by atomic mass is 10.0. The highest BCUT2D eigenvalue weighted by Gasteiger charge is 2.21. The summed E-state index contributed by atoms with van der Waals surface area (Å²) >= 11 is 1.68. The van der Waals surface area contributed by atoms with Gasteiger partial charge in [-0.2, -0.15) is 0 Å². The fourth-order valence-corrected chi connectivity index (χ4v) is 2.34. The van der Waals surface area contributed by atoms with Crippen LogP contribution in [0.2, 0.25) is 0 Å². The SMILES string of the molecule is Cc1sccc1C(O)C1C=CCN1. The predicted octanol–water partition coefficient (Wildman–Crippen LogP) is 1.62. The maximum absolute atomic E-state index is 9.98. The first-order chi connectivity index (χ1) is 6.29. The molecule has 1 aromatic heterocycles. The molecule has 0 saturated carbocycles. The molecular weight excluding hydrogens is 182 g/mol. The van der Waals surface area contributed by atoms with E-state index in [4.69, 9.17) is 0 Å². The van der Waals surface area contributed by atoms with Crippen molar-refractivity contribution in [2.24, 2.45) is 0 Å². The zero-order valence-electron chi connectivity index (χ0n) is 7.53. The van der Waals surface area contributed by atoms with Gasteiger partial charge < -0.3 is 10.4 Å². The maximum atomic E-state index is 9.98. The second-order valence-corrected chi connectivity index (χ2v) is 4.36. The average molecular weight is 195 g/mol. The first-order valence-corrected chi connectivity index (χ1v) is 5.29. The first kappa shape index (κ1) is 8.94. The zero-order chi connectivity index (χ0) is 9.26. The lowest BCUT2D eigenvalue weighted by molar-refractivity contribution is 0.152. The van der Waals surface area contributed by atoms with Crippen LogP contribution in [0.15, 0.2) is 23.6 Å². The molecule has 0 spiro atoms. The number of rotatable bonds is 2. The summed E-state index contributed by atoms with van der Waals surface area (Å²) in [5, 5.41) is 15.2. The third-order valence-corrected chi connectivity index (χ3v) is 3.23. The molecule has 2 rings (SSSR count). The van der Waals surface area contributed by atoms with Gasteiger partial charge in [0.05, 0.1) is 12.1 Å². The Labute approximate surface area is 81.9 Å². The van der Waals surface area contributed by atoms with E-state index in [-0.39, 0.29) is 6.04 Å². The molecule has 13 heavy (non-hydrogen) atoms. The number of nitrogens with one attached hydrogen (secondary N) is 1. The van der Waals surface area contributed by atoms with Gasteiger partial charge in [0.2, 0.25) is 0 Å². The molecule has 2 N–H and O–H groups in total. The molecule has 0 aromatic carbocycles. The maximum Gasteiger partial charge on any atom is 0.0989 e. The minimum Gasteiger partial charge on any atom is -0.386 e. The van der Waals surface area contributed by atoms with E-state index in [1.807, 2.05) is 24.4 Å². The lowest BCUT2D eigenvalue weighted by Gasteiger charge is -2.17. The predicted molar refractivity (Wildman–Crippen MR) is 54.9 cm³/mol. The standard InChI is InChI=1S/C10H13NOS/c1-7-8(4-6-13-7)10(12)9-3-2-5-11-9/h2-4,6,9-12H,5H2,1H3. The van der Waals surface area contributed by atoms with Gasteiger partial charge in [-0.25, -0.2) is 0 Å². The summed E-state index contributed by atoms with van der Waals surface area (Å²) in [6.07, 6.45) is 3.68. The highest BCUT2D eigenvalue weighted by Crippen LogP contribution is 2.26. The van der Waals surface area contributed by atoms with Crippen LogP contribution in [0, 0.1) is 6.92 Å². The van der Waals surface area contributed by atoms with Crippen LogP contribution < -0.4 is 5.32 Å². The van der Waals surface area contributed by atoms with Gasteiger partial charge in [0, 0.05) is 11.4 Å². The third kappa shape index (κ3) is 1.68. The largest absolute Gasteiger partial charge is 0.386 e. The average Bonchev–Trinajstić information content (AvgIpc) is 2.72. The van der Waals surface area contributed by atoms with Crippen LogP contribution in [0.4, 0.5) is 0 Å². The number of hydrogen-bond donors (Lipinski definition) is 2. The third-order valence-electron chi connectivity index (χ3n) is 2.37. The first-order valence-electron chi connectivity index (χ1n) is 4.41. The Morgan fingerprint density at radius 1 is 1.69 bits per heavy atom. The number of hydrogen-bond acceptors (Lipinski definition) is 3. The molecule has 2 heterocycles. The van der Waals surface area contributed by atoms with Crippen molar-refractivity contribution in [3.63, 3.8) is 0 Å². The molecular formula is C10H13NOS. The second-order valence-electron chi connectivity index (χ2n) is 3.24. The van der Waals surface area contributed by atoms with Gasteiger partial charge in [0.25, 0.3) is 0 Å². The Morgan fingerprint density at radius 3 is 3.08 bits per heavy atom. The van der Waals surface area contributed by atoms with Crippen molar-refractivity contribution in [1.82, 2.24) is 5.32 Å². The van der Waals surface area contributed by atoms with E-state index in [9.17, 15) is 5.11 Å². The van der Waals surface area contributed by atoms with E-state index in [1.54, 1.807) is 11.3 Å². The molecule has 70 valence electrons. The molecule has 2 atom stereocenters. The number of aryl methyl sites for hydroxylation is 1. The Bertz CT molecular complexity index is 318. The van der Waals surface area contributed by atoms with Crippen LogP contribution in [-0.4, -0.2) is 17.7 Å². The molecule has 0 bridgehead atoms. The number of thiophene rings is 1. The second kappa shape index (κ2) is 3.62. The summed E-state index contributed by atoms with van der Waals surface area (Å²) in [6.45, 7) is 2.91. The van der Waals surface area contributed by atoms with Crippen molar-refractivity contribution >= 4 is 11.3 Å². The zero-order valence-corrected chi connectivity index (χ0v) is 8.34. The van der Waals surface area contributed by atoms with E-state index in [2.05, 4.69) is 11.4 Å².